The van der Waals surface area contributed by atoms with Crippen LogP contribution in [0.5, 0.6) is 5.75 Å². The highest BCUT2D eigenvalue weighted by molar-refractivity contribution is 5.23. The number of hydrogen-bond acceptors (Lipinski definition) is 3. The summed E-state index contributed by atoms with van der Waals surface area (Å²) in [6.45, 7) is 1.59. The Balaban J connectivity index is 1.86. The summed E-state index contributed by atoms with van der Waals surface area (Å²) in [4.78, 5) is 0. The van der Waals surface area contributed by atoms with E-state index in [4.69, 9.17) is 4.74 Å². The van der Waals surface area contributed by atoms with Crippen molar-refractivity contribution in [3.05, 3.63) is 47.8 Å². The standard InChI is InChI=1S/C14H19N3O/c1-15-8-7-12-3-5-13(6-4-12)11-18-14-9-16-17(2)10-14/h3-6,9-10,15H,7-8,11H2,1-2H3. The maximum Gasteiger partial charge on any atom is 0.157 e. The van der Waals surface area contributed by atoms with Crippen molar-refractivity contribution >= 4 is 0 Å². The topological polar surface area (TPSA) is 39.1 Å². The maximum atomic E-state index is 5.64. The highest BCUT2D eigenvalue weighted by atomic mass is 16.5. The highest BCUT2D eigenvalue weighted by Crippen LogP contribution is 2.11. The van der Waals surface area contributed by atoms with E-state index in [1.807, 2.05) is 20.3 Å². The average molecular weight is 245 g/mol. The van der Waals surface area contributed by atoms with Gasteiger partial charge in [-0.3, -0.25) is 4.68 Å². The molecule has 0 fully saturated rings. The lowest BCUT2D eigenvalue weighted by Gasteiger charge is -2.05. The Morgan fingerprint density at radius 3 is 2.56 bits per heavy atom. The molecule has 4 heteroatoms. The molecule has 1 N–H and O–H groups in total. The van der Waals surface area contributed by atoms with Crippen molar-refractivity contribution in [2.75, 3.05) is 13.6 Å². The normalized spacial score (nSPS) is 10.6. The van der Waals surface area contributed by atoms with E-state index in [0.717, 1.165) is 18.7 Å². The highest BCUT2D eigenvalue weighted by Gasteiger charge is 1.99. The van der Waals surface area contributed by atoms with Crippen LogP contribution in [0, 0.1) is 0 Å². The maximum absolute atomic E-state index is 5.64. The Kier molecular flexibility index (Phi) is 4.36. The first kappa shape index (κ1) is 12.6. The summed E-state index contributed by atoms with van der Waals surface area (Å²) >= 11 is 0. The Labute approximate surface area is 108 Å². The molecule has 1 aromatic heterocycles. The van der Waals surface area contributed by atoms with E-state index < -0.39 is 0 Å². The fourth-order valence-corrected chi connectivity index (χ4v) is 1.71. The smallest absolute Gasteiger partial charge is 0.157 e. The first-order valence-electron chi connectivity index (χ1n) is 6.12. The number of benzene rings is 1. The van der Waals surface area contributed by atoms with Crippen molar-refractivity contribution in [3.63, 3.8) is 0 Å². The number of aromatic nitrogens is 2. The van der Waals surface area contributed by atoms with Gasteiger partial charge in [-0.1, -0.05) is 24.3 Å². The van der Waals surface area contributed by atoms with Gasteiger partial charge in [0, 0.05) is 7.05 Å². The molecule has 0 bridgehead atoms. The molecule has 0 aliphatic rings. The largest absolute Gasteiger partial charge is 0.486 e. The summed E-state index contributed by atoms with van der Waals surface area (Å²) in [5, 5.41) is 7.21. The fourth-order valence-electron chi connectivity index (χ4n) is 1.71. The fraction of sp³-hybridized carbons (Fsp3) is 0.357. The monoisotopic (exact) mass is 245 g/mol. The average Bonchev–Trinajstić information content (AvgIpc) is 2.81. The summed E-state index contributed by atoms with van der Waals surface area (Å²) in [6.07, 6.45) is 4.64. The molecule has 0 aliphatic heterocycles. The third-order valence-corrected chi connectivity index (χ3v) is 2.77. The van der Waals surface area contributed by atoms with Gasteiger partial charge in [0.25, 0.3) is 0 Å². The SMILES string of the molecule is CNCCc1ccc(COc2cnn(C)c2)cc1. The number of nitrogens with one attached hydrogen (secondary N) is 1. The van der Waals surface area contributed by atoms with Crippen LogP contribution in [0.3, 0.4) is 0 Å². The van der Waals surface area contributed by atoms with Gasteiger partial charge in [-0.05, 0) is 31.1 Å². The van der Waals surface area contributed by atoms with Crippen molar-refractivity contribution in [2.24, 2.45) is 7.05 Å². The zero-order chi connectivity index (χ0) is 12.8. The third kappa shape index (κ3) is 3.60. The van der Waals surface area contributed by atoms with E-state index >= 15 is 0 Å². The van der Waals surface area contributed by atoms with E-state index in [1.54, 1.807) is 10.9 Å². The molecule has 0 amide bonds. The van der Waals surface area contributed by atoms with Gasteiger partial charge in [0.2, 0.25) is 0 Å². The van der Waals surface area contributed by atoms with E-state index in [9.17, 15) is 0 Å². The zero-order valence-corrected chi connectivity index (χ0v) is 10.9. The molecule has 0 aliphatic carbocycles. The van der Waals surface area contributed by atoms with Crippen LogP contribution in [0.1, 0.15) is 11.1 Å². The van der Waals surface area contributed by atoms with Crippen LogP contribution < -0.4 is 10.1 Å². The molecule has 2 aromatic rings. The van der Waals surface area contributed by atoms with Gasteiger partial charge in [-0.25, -0.2) is 0 Å². The molecule has 0 atom stereocenters. The van der Waals surface area contributed by atoms with Gasteiger partial charge in [0.1, 0.15) is 6.61 Å². The van der Waals surface area contributed by atoms with Crippen molar-refractivity contribution in [1.29, 1.82) is 0 Å². The second-order valence-corrected chi connectivity index (χ2v) is 4.31. The molecular formula is C14H19N3O. The third-order valence-electron chi connectivity index (χ3n) is 2.77. The Morgan fingerprint density at radius 1 is 1.22 bits per heavy atom. The molecular weight excluding hydrogens is 226 g/mol. The second-order valence-electron chi connectivity index (χ2n) is 4.31. The summed E-state index contributed by atoms with van der Waals surface area (Å²) in [6, 6.07) is 8.53. The quantitative estimate of drug-likeness (QED) is 0.843. The van der Waals surface area contributed by atoms with Crippen molar-refractivity contribution in [1.82, 2.24) is 15.1 Å². The minimum atomic E-state index is 0.581. The molecule has 96 valence electrons. The van der Waals surface area contributed by atoms with Crippen LogP contribution in [-0.4, -0.2) is 23.4 Å². The van der Waals surface area contributed by atoms with Gasteiger partial charge < -0.3 is 10.1 Å². The van der Waals surface area contributed by atoms with Gasteiger partial charge in [0.15, 0.2) is 5.75 Å². The molecule has 0 saturated carbocycles. The van der Waals surface area contributed by atoms with E-state index in [-0.39, 0.29) is 0 Å². The predicted octanol–water partition coefficient (Wildman–Crippen LogP) is 1.76. The summed E-state index contributed by atoms with van der Waals surface area (Å²) < 4.78 is 7.37. The number of ether oxygens (including phenoxy) is 1. The Morgan fingerprint density at radius 2 is 1.94 bits per heavy atom. The number of nitrogens with zero attached hydrogens (tertiary/aromatic N) is 2. The molecule has 1 heterocycles. The molecule has 18 heavy (non-hydrogen) atoms. The molecule has 0 saturated heterocycles. The van der Waals surface area contributed by atoms with Crippen LogP contribution >= 0.6 is 0 Å². The van der Waals surface area contributed by atoms with E-state index in [2.05, 4.69) is 34.7 Å². The molecule has 0 spiro atoms. The van der Waals surface area contributed by atoms with Crippen molar-refractivity contribution in [3.8, 4) is 5.75 Å². The van der Waals surface area contributed by atoms with Gasteiger partial charge >= 0.3 is 0 Å². The van der Waals surface area contributed by atoms with Crippen LogP contribution in [0.25, 0.3) is 0 Å². The zero-order valence-electron chi connectivity index (χ0n) is 10.9. The van der Waals surface area contributed by atoms with Crippen LogP contribution in [-0.2, 0) is 20.1 Å². The molecule has 0 unspecified atom stereocenters. The molecule has 4 nitrogen and oxygen atoms in total. The summed E-state index contributed by atoms with van der Waals surface area (Å²) in [5.74, 6) is 0.803. The first-order chi connectivity index (χ1) is 8.78. The van der Waals surface area contributed by atoms with Gasteiger partial charge in [-0.15, -0.1) is 0 Å². The number of aryl methyl sites for hydroxylation is 1. The van der Waals surface area contributed by atoms with E-state index in [0.29, 0.717) is 6.61 Å². The van der Waals surface area contributed by atoms with E-state index in [1.165, 1.54) is 11.1 Å². The van der Waals surface area contributed by atoms with Gasteiger partial charge in [-0.2, -0.15) is 5.10 Å². The predicted molar refractivity (Wildman–Crippen MR) is 71.6 cm³/mol. The molecule has 1 aromatic carbocycles. The second kappa shape index (κ2) is 6.21. The minimum Gasteiger partial charge on any atom is -0.486 e. The van der Waals surface area contributed by atoms with Crippen molar-refractivity contribution in [2.45, 2.75) is 13.0 Å². The number of rotatable bonds is 6. The molecule has 0 radical (unpaired) electrons. The Bertz CT molecular complexity index is 476. The lowest BCUT2D eigenvalue weighted by Crippen LogP contribution is -2.10. The number of hydrogen-bond donors (Lipinski definition) is 1. The van der Waals surface area contributed by atoms with Crippen LogP contribution in [0.4, 0.5) is 0 Å². The van der Waals surface area contributed by atoms with Crippen molar-refractivity contribution < 1.29 is 4.74 Å². The van der Waals surface area contributed by atoms with Crippen LogP contribution in [0.2, 0.25) is 0 Å². The number of likely N-dealkylation sites (N-methyl/N-ethyl adjacent to an activating group) is 1. The van der Waals surface area contributed by atoms with Crippen LogP contribution in [0.15, 0.2) is 36.7 Å². The van der Waals surface area contributed by atoms with Gasteiger partial charge in [0.05, 0.1) is 12.4 Å². The summed E-state index contributed by atoms with van der Waals surface area (Å²) in [5.41, 5.74) is 2.52. The minimum absolute atomic E-state index is 0.581. The lowest BCUT2D eigenvalue weighted by molar-refractivity contribution is 0.306. The summed E-state index contributed by atoms with van der Waals surface area (Å²) in [7, 11) is 3.85. The first-order valence-corrected chi connectivity index (χ1v) is 6.12. The Hall–Kier alpha value is -1.81. The lowest BCUT2D eigenvalue weighted by atomic mass is 10.1. The molecule has 2 rings (SSSR count).